The number of aromatic amines is 1. The molecule has 10 heteroatoms. The first-order chi connectivity index (χ1) is 8.90. The van der Waals surface area contributed by atoms with E-state index in [0.717, 1.165) is 4.90 Å². The minimum atomic E-state index is -1.23. The van der Waals surface area contributed by atoms with Gasteiger partial charge in [-0.1, -0.05) is 0 Å². The summed E-state index contributed by atoms with van der Waals surface area (Å²) in [4.78, 5) is 39.3. The smallest absolute Gasteiger partial charge is 0.323 e. The maximum Gasteiger partial charge on any atom is 0.323 e. The number of rotatable bonds is 6. The Bertz CT molecular complexity index is 443. The van der Waals surface area contributed by atoms with E-state index in [1.807, 2.05) is 0 Å². The van der Waals surface area contributed by atoms with Crippen LogP contribution in [0.25, 0.3) is 0 Å². The van der Waals surface area contributed by atoms with Crippen LogP contribution >= 0.6 is 0 Å². The maximum atomic E-state index is 12.0. The van der Waals surface area contributed by atoms with Crippen molar-refractivity contribution in [3.05, 3.63) is 12.2 Å². The Morgan fingerprint density at radius 2 is 2.11 bits per heavy atom. The SMILES string of the molecule is CN(Cc1ncn[nH]1)C(=O)N(CC(N)=O)CC(=O)O. The number of nitrogens with one attached hydrogen (secondary N) is 1. The molecule has 0 bridgehead atoms. The number of hydrogen-bond donors (Lipinski definition) is 3. The number of primary amides is 1. The van der Waals surface area contributed by atoms with Gasteiger partial charge in [-0.25, -0.2) is 9.78 Å². The fourth-order valence-electron chi connectivity index (χ4n) is 1.38. The molecule has 1 aromatic heterocycles. The van der Waals surface area contributed by atoms with Gasteiger partial charge in [-0.2, -0.15) is 5.10 Å². The van der Waals surface area contributed by atoms with Gasteiger partial charge in [-0.15, -0.1) is 0 Å². The van der Waals surface area contributed by atoms with Gasteiger partial charge in [0.25, 0.3) is 0 Å². The Kier molecular flexibility index (Phi) is 4.80. The van der Waals surface area contributed by atoms with Crippen molar-refractivity contribution >= 4 is 17.9 Å². The first-order valence-electron chi connectivity index (χ1n) is 5.24. The van der Waals surface area contributed by atoms with E-state index in [1.54, 1.807) is 0 Å². The minimum Gasteiger partial charge on any atom is -0.480 e. The van der Waals surface area contributed by atoms with Crippen LogP contribution < -0.4 is 5.73 Å². The first-order valence-corrected chi connectivity index (χ1v) is 5.24. The van der Waals surface area contributed by atoms with Crippen molar-refractivity contribution in [2.24, 2.45) is 5.73 Å². The van der Waals surface area contributed by atoms with Gasteiger partial charge in [-0.3, -0.25) is 14.7 Å². The molecule has 0 aliphatic heterocycles. The summed E-state index contributed by atoms with van der Waals surface area (Å²) in [7, 11) is 1.45. The Hall–Kier alpha value is -2.65. The number of carboxylic acids is 1. The second kappa shape index (κ2) is 6.33. The number of hydrogen-bond acceptors (Lipinski definition) is 5. The molecule has 1 rings (SSSR count). The second-order valence-corrected chi connectivity index (χ2v) is 3.79. The van der Waals surface area contributed by atoms with Crippen LogP contribution in [-0.2, 0) is 16.1 Å². The van der Waals surface area contributed by atoms with E-state index < -0.39 is 31.0 Å². The van der Waals surface area contributed by atoms with Gasteiger partial charge in [0.2, 0.25) is 5.91 Å². The monoisotopic (exact) mass is 270 g/mol. The Labute approximate surface area is 108 Å². The van der Waals surface area contributed by atoms with Gasteiger partial charge in [0.05, 0.1) is 6.54 Å². The molecule has 0 radical (unpaired) electrons. The van der Waals surface area contributed by atoms with Crippen LogP contribution in [0.1, 0.15) is 5.82 Å². The number of H-pyrrole nitrogens is 1. The van der Waals surface area contributed by atoms with E-state index in [2.05, 4.69) is 15.2 Å². The molecular formula is C9H14N6O4. The summed E-state index contributed by atoms with van der Waals surface area (Å²) in [5, 5.41) is 14.9. The Balaban J connectivity index is 2.68. The fraction of sp³-hybridized carbons (Fsp3) is 0.444. The maximum absolute atomic E-state index is 12.0. The van der Waals surface area contributed by atoms with E-state index in [4.69, 9.17) is 10.8 Å². The number of aromatic nitrogens is 3. The normalized spacial score (nSPS) is 9.95. The summed E-state index contributed by atoms with van der Waals surface area (Å²) in [6.45, 7) is -0.970. The molecule has 19 heavy (non-hydrogen) atoms. The molecule has 104 valence electrons. The molecule has 3 amide bonds. The topological polar surface area (TPSA) is 146 Å². The minimum absolute atomic E-state index is 0.105. The lowest BCUT2D eigenvalue weighted by Gasteiger charge is -2.25. The van der Waals surface area contributed by atoms with Gasteiger partial charge in [0.1, 0.15) is 25.2 Å². The zero-order valence-electron chi connectivity index (χ0n) is 10.2. The zero-order valence-corrected chi connectivity index (χ0v) is 10.2. The summed E-state index contributed by atoms with van der Waals surface area (Å²) in [5.74, 6) is -1.59. The van der Waals surface area contributed by atoms with Crippen LogP contribution in [0.2, 0.25) is 0 Å². The van der Waals surface area contributed by atoms with Gasteiger partial charge in [0, 0.05) is 7.05 Å². The Morgan fingerprint density at radius 3 is 2.58 bits per heavy atom. The van der Waals surface area contributed by atoms with Crippen molar-refractivity contribution < 1.29 is 19.5 Å². The number of nitrogens with zero attached hydrogens (tertiary/aromatic N) is 4. The molecule has 4 N–H and O–H groups in total. The van der Waals surface area contributed by atoms with Crippen LogP contribution in [0, 0.1) is 0 Å². The number of urea groups is 1. The molecule has 0 unspecified atom stereocenters. The van der Waals surface area contributed by atoms with E-state index in [0.29, 0.717) is 5.82 Å². The first kappa shape index (κ1) is 14.4. The van der Waals surface area contributed by atoms with Gasteiger partial charge < -0.3 is 20.6 Å². The van der Waals surface area contributed by atoms with Crippen molar-refractivity contribution in [1.82, 2.24) is 25.0 Å². The van der Waals surface area contributed by atoms with Crippen molar-refractivity contribution in [2.75, 3.05) is 20.1 Å². The number of carbonyl (C=O) groups excluding carboxylic acids is 2. The van der Waals surface area contributed by atoms with Gasteiger partial charge >= 0.3 is 12.0 Å². The number of carboxylic acid groups (broad SMARTS) is 1. The predicted octanol–water partition coefficient (Wildman–Crippen LogP) is -1.77. The highest BCUT2D eigenvalue weighted by Gasteiger charge is 2.22. The van der Waals surface area contributed by atoms with Crippen LogP contribution in [0.15, 0.2) is 6.33 Å². The van der Waals surface area contributed by atoms with Crippen LogP contribution in [0.4, 0.5) is 4.79 Å². The van der Waals surface area contributed by atoms with E-state index in [-0.39, 0.29) is 6.54 Å². The summed E-state index contributed by atoms with van der Waals surface area (Å²) in [6, 6.07) is -0.641. The number of aliphatic carboxylic acids is 1. The predicted molar refractivity (Wildman–Crippen MR) is 61.6 cm³/mol. The summed E-state index contributed by atoms with van der Waals surface area (Å²) in [6.07, 6.45) is 1.28. The molecular weight excluding hydrogens is 256 g/mol. The fourth-order valence-corrected chi connectivity index (χ4v) is 1.38. The average molecular weight is 270 g/mol. The third-order valence-corrected chi connectivity index (χ3v) is 2.12. The molecule has 0 aliphatic rings. The molecule has 0 aliphatic carbocycles. The lowest BCUT2D eigenvalue weighted by molar-refractivity contribution is -0.138. The third-order valence-electron chi connectivity index (χ3n) is 2.12. The van der Waals surface area contributed by atoms with E-state index in [9.17, 15) is 14.4 Å². The number of carbonyl (C=O) groups is 3. The number of amides is 3. The molecule has 0 fully saturated rings. The van der Waals surface area contributed by atoms with E-state index >= 15 is 0 Å². The van der Waals surface area contributed by atoms with Gasteiger partial charge in [0.15, 0.2) is 0 Å². The highest BCUT2D eigenvalue weighted by molar-refractivity contribution is 5.85. The molecule has 0 atom stereocenters. The summed E-state index contributed by atoms with van der Waals surface area (Å²) in [5.41, 5.74) is 4.97. The second-order valence-electron chi connectivity index (χ2n) is 3.79. The molecule has 0 aromatic carbocycles. The van der Waals surface area contributed by atoms with E-state index in [1.165, 1.54) is 18.3 Å². The Morgan fingerprint density at radius 1 is 1.42 bits per heavy atom. The van der Waals surface area contributed by atoms with Crippen molar-refractivity contribution in [2.45, 2.75) is 6.54 Å². The molecule has 1 heterocycles. The van der Waals surface area contributed by atoms with Crippen molar-refractivity contribution in [3.8, 4) is 0 Å². The quantitative estimate of drug-likeness (QED) is 0.557. The average Bonchev–Trinajstić information content (AvgIpc) is 2.78. The standard InChI is InChI=1S/C9H14N6O4/c1-14(3-7-11-5-12-13-7)9(19)15(2-6(10)16)4-8(17)18/h5H,2-4H2,1H3,(H2,10,16)(H,17,18)(H,11,12,13). The zero-order chi connectivity index (χ0) is 14.4. The highest BCUT2D eigenvalue weighted by Crippen LogP contribution is 2.01. The summed E-state index contributed by atoms with van der Waals surface area (Å²) < 4.78 is 0. The molecule has 0 saturated heterocycles. The molecule has 10 nitrogen and oxygen atoms in total. The van der Waals surface area contributed by atoms with Crippen LogP contribution in [0.3, 0.4) is 0 Å². The molecule has 0 spiro atoms. The third kappa shape index (κ3) is 4.61. The summed E-state index contributed by atoms with van der Waals surface area (Å²) >= 11 is 0. The van der Waals surface area contributed by atoms with Gasteiger partial charge in [-0.05, 0) is 0 Å². The molecule has 1 aromatic rings. The van der Waals surface area contributed by atoms with Crippen molar-refractivity contribution in [3.63, 3.8) is 0 Å². The number of nitrogens with two attached hydrogens (primary N) is 1. The molecule has 0 saturated carbocycles. The highest BCUT2D eigenvalue weighted by atomic mass is 16.4. The van der Waals surface area contributed by atoms with Crippen molar-refractivity contribution in [1.29, 1.82) is 0 Å². The van der Waals surface area contributed by atoms with Crippen LogP contribution in [0.5, 0.6) is 0 Å². The lowest BCUT2D eigenvalue weighted by atomic mass is 10.4. The lowest BCUT2D eigenvalue weighted by Crippen LogP contribution is -2.47. The largest absolute Gasteiger partial charge is 0.480 e. The van der Waals surface area contributed by atoms with Crippen LogP contribution in [-0.4, -0.2) is 68.1 Å².